The van der Waals surface area contributed by atoms with Gasteiger partial charge < -0.3 is 10.4 Å². The molecule has 5 aliphatic carbocycles. The third-order valence-corrected chi connectivity index (χ3v) is 18.7. The number of aromatic carboxylic acids is 1. The molecule has 3 unspecified atom stereocenters. The quantitative estimate of drug-likeness (QED) is 0.264. The van der Waals surface area contributed by atoms with Gasteiger partial charge in [-0.15, -0.1) is 0 Å². The van der Waals surface area contributed by atoms with Gasteiger partial charge >= 0.3 is 5.97 Å². The van der Waals surface area contributed by atoms with Crippen LogP contribution in [0.2, 0.25) is 0 Å². The second kappa shape index (κ2) is 13.5. The number of sulfone groups is 1. The maximum Gasteiger partial charge on any atom is 0.335 e. The van der Waals surface area contributed by atoms with Crippen LogP contribution in [0, 0.1) is 56.7 Å². The Kier molecular flexibility index (Phi) is 9.91. The summed E-state index contributed by atoms with van der Waals surface area (Å²) in [6, 6.07) is 7.54. The number of benzene rings is 1. The van der Waals surface area contributed by atoms with Gasteiger partial charge in [0.1, 0.15) is 0 Å². The normalized spacial score (nSPS) is 40.7. The van der Waals surface area contributed by atoms with Gasteiger partial charge in [0.15, 0.2) is 9.84 Å². The molecule has 1 heterocycles. The minimum Gasteiger partial charge on any atom is -0.478 e. The number of carbonyl (C=O) groups is 2. The monoisotopic (exact) mass is 734 g/mol. The number of carboxylic acid groups (broad SMARTS) is 1. The highest BCUT2D eigenvalue weighted by molar-refractivity contribution is 7.91. The second-order valence-electron chi connectivity index (χ2n) is 19.5. The number of rotatable bonds is 9. The van der Waals surface area contributed by atoms with Crippen LogP contribution in [0.25, 0.3) is 5.57 Å². The summed E-state index contributed by atoms with van der Waals surface area (Å²) in [7, 11) is -2.91. The Balaban J connectivity index is 1.14. The SMILES string of the molecule is CCCC[C@@H]1CC[C@]2(C(=O)NCCN3CCS(=O)(=O)CC3)CC[C@]3(C)[C@H](CCC4[C@@]5(C)CC=C(c6ccc(C(=O)O)cc6)C(C)(C)C5CC[C@]43C)C12. The van der Waals surface area contributed by atoms with Crippen LogP contribution >= 0.6 is 0 Å². The van der Waals surface area contributed by atoms with Gasteiger partial charge in [0.05, 0.1) is 22.5 Å². The van der Waals surface area contributed by atoms with E-state index in [0.717, 1.165) is 37.8 Å². The number of nitrogens with zero attached hydrogens (tertiary/aromatic N) is 1. The Morgan fingerprint density at radius 1 is 0.885 bits per heavy atom. The lowest BCUT2D eigenvalue weighted by Crippen LogP contribution is -2.66. The Morgan fingerprint density at radius 2 is 1.60 bits per heavy atom. The molecule has 0 aromatic heterocycles. The molecular weight excluding hydrogens is 669 g/mol. The van der Waals surface area contributed by atoms with Crippen molar-refractivity contribution in [2.45, 2.75) is 119 Å². The van der Waals surface area contributed by atoms with Crippen LogP contribution in [-0.4, -0.2) is 68.0 Å². The first-order valence-corrected chi connectivity index (χ1v) is 22.6. The Labute approximate surface area is 314 Å². The molecule has 6 aliphatic rings. The molecule has 4 saturated carbocycles. The lowest BCUT2D eigenvalue weighted by molar-refractivity contribution is -0.226. The standard InChI is InChI=1S/C44H66N2O5S/c1-7-8-9-31-16-21-44(39(49)45-24-25-46-26-28-52(50,51)29-27-46)23-22-42(5)34(37(31)44)14-15-36-41(4)19-17-33(30-10-12-32(13-11-30)38(47)48)40(2,3)35(41)18-20-43(36,42)6/h10-13,17,31,34-37H,7-9,14-16,18-29H2,1-6H3,(H,45,49)(H,47,48)/t31-,34-,35?,36?,37?,41+,42-,43-,44+/m1/s1. The summed E-state index contributed by atoms with van der Waals surface area (Å²) in [5.41, 5.74) is 3.16. The van der Waals surface area contributed by atoms with E-state index in [1.165, 1.54) is 56.9 Å². The fourth-order valence-corrected chi connectivity index (χ4v) is 15.6. The third-order valence-electron chi connectivity index (χ3n) is 17.1. The molecule has 9 atom stereocenters. The van der Waals surface area contributed by atoms with Gasteiger partial charge in [-0.25, -0.2) is 13.2 Å². The second-order valence-corrected chi connectivity index (χ2v) is 21.8. The zero-order valence-corrected chi connectivity index (χ0v) is 33.8. The molecule has 288 valence electrons. The maximum absolute atomic E-state index is 14.6. The predicted molar refractivity (Wildman–Crippen MR) is 209 cm³/mol. The third kappa shape index (κ3) is 5.94. The predicted octanol–water partition coefficient (Wildman–Crippen LogP) is 8.50. The van der Waals surface area contributed by atoms with Crippen molar-refractivity contribution in [3.63, 3.8) is 0 Å². The first kappa shape index (κ1) is 38.1. The number of hydrogen-bond donors (Lipinski definition) is 2. The van der Waals surface area contributed by atoms with E-state index in [4.69, 9.17) is 0 Å². The molecule has 0 bridgehead atoms. The summed E-state index contributed by atoms with van der Waals surface area (Å²) < 4.78 is 23.9. The van der Waals surface area contributed by atoms with E-state index in [2.05, 4.69) is 57.8 Å². The summed E-state index contributed by atoms with van der Waals surface area (Å²) in [4.78, 5) is 28.3. The van der Waals surface area contributed by atoms with E-state index >= 15 is 0 Å². The molecule has 7 rings (SSSR count). The van der Waals surface area contributed by atoms with Crippen molar-refractivity contribution >= 4 is 27.3 Å². The van der Waals surface area contributed by atoms with Crippen molar-refractivity contribution < 1.29 is 23.1 Å². The number of carboxylic acids is 1. The van der Waals surface area contributed by atoms with Gasteiger partial charge in [0.2, 0.25) is 5.91 Å². The number of amides is 1. The first-order valence-electron chi connectivity index (χ1n) is 20.8. The average Bonchev–Trinajstić information content (AvgIpc) is 3.48. The fourth-order valence-electron chi connectivity index (χ4n) is 14.3. The molecule has 1 aromatic carbocycles. The summed E-state index contributed by atoms with van der Waals surface area (Å²) in [6.45, 7) is 17.6. The van der Waals surface area contributed by atoms with Crippen molar-refractivity contribution in [2.75, 3.05) is 37.7 Å². The molecule has 8 heteroatoms. The van der Waals surface area contributed by atoms with E-state index in [1.807, 2.05) is 12.1 Å². The number of unbranched alkanes of at least 4 members (excludes halogenated alkanes) is 1. The molecule has 1 aliphatic heterocycles. The highest BCUT2D eigenvalue weighted by Crippen LogP contribution is 2.77. The summed E-state index contributed by atoms with van der Waals surface area (Å²) in [5, 5.41) is 12.9. The molecule has 0 radical (unpaired) electrons. The van der Waals surface area contributed by atoms with Gasteiger partial charge in [-0.1, -0.05) is 79.0 Å². The zero-order valence-electron chi connectivity index (χ0n) is 32.9. The highest BCUT2D eigenvalue weighted by Gasteiger charge is 2.71. The van der Waals surface area contributed by atoms with Crippen molar-refractivity contribution in [3.8, 4) is 0 Å². The summed E-state index contributed by atoms with van der Waals surface area (Å²) >= 11 is 0. The van der Waals surface area contributed by atoms with Crippen LogP contribution in [0.3, 0.4) is 0 Å². The molecule has 52 heavy (non-hydrogen) atoms. The van der Waals surface area contributed by atoms with Crippen molar-refractivity contribution in [1.82, 2.24) is 10.2 Å². The smallest absolute Gasteiger partial charge is 0.335 e. The van der Waals surface area contributed by atoms with E-state index in [-0.39, 0.29) is 44.5 Å². The van der Waals surface area contributed by atoms with Gasteiger partial charge in [-0.05, 0) is 132 Å². The Bertz CT molecular complexity index is 1670. The van der Waals surface area contributed by atoms with Gasteiger partial charge in [-0.2, -0.15) is 0 Å². The summed E-state index contributed by atoms with van der Waals surface area (Å²) in [5.74, 6) is 2.63. The van der Waals surface area contributed by atoms with Gasteiger partial charge in [-0.3, -0.25) is 9.69 Å². The number of carbonyl (C=O) groups excluding carboxylic acids is 1. The van der Waals surface area contributed by atoms with Crippen molar-refractivity contribution in [3.05, 3.63) is 41.5 Å². The Hall–Kier alpha value is -2.19. The van der Waals surface area contributed by atoms with Gasteiger partial charge in [0, 0.05) is 26.2 Å². The minimum absolute atomic E-state index is 0.0181. The van der Waals surface area contributed by atoms with Crippen molar-refractivity contribution in [1.29, 1.82) is 0 Å². The molecule has 1 saturated heterocycles. The fraction of sp³-hybridized carbons (Fsp3) is 0.773. The molecule has 2 N–H and O–H groups in total. The van der Waals surface area contributed by atoms with Crippen LogP contribution < -0.4 is 5.32 Å². The van der Waals surface area contributed by atoms with E-state index in [9.17, 15) is 23.1 Å². The molecule has 1 amide bonds. The van der Waals surface area contributed by atoms with Crippen LogP contribution in [0.5, 0.6) is 0 Å². The number of fused-ring (bicyclic) bond motifs is 7. The van der Waals surface area contributed by atoms with Gasteiger partial charge in [0.25, 0.3) is 0 Å². The number of nitrogens with one attached hydrogen (secondary N) is 1. The number of hydrogen-bond acceptors (Lipinski definition) is 5. The van der Waals surface area contributed by atoms with E-state index in [0.29, 0.717) is 54.8 Å². The molecular formula is C44H66N2O5S. The molecule has 5 fully saturated rings. The lowest BCUT2D eigenvalue weighted by Gasteiger charge is -2.72. The van der Waals surface area contributed by atoms with Crippen molar-refractivity contribution in [2.24, 2.45) is 56.7 Å². The van der Waals surface area contributed by atoms with E-state index < -0.39 is 15.8 Å². The molecule has 7 nitrogen and oxygen atoms in total. The topological polar surface area (TPSA) is 104 Å². The lowest BCUT2D eigenvalue weighted by atomic mass is 9.32. The van der Waals surface area contributed by atoms with Crippen LogP contribution in [0.4, 0.5) is 0 Å². The largest absolute Gasteiger partial charge is 0.478 e. The van der Waals surface area contributed by atoms with E-state index in [1.54, 1.807) is 12.1 Å². The highest BCUT2D eigenvalue weighted by atomic mass is 32.2. The minimum atomic E-state index is -2.91. The van der Waals surface area contributed by atoms with Crippen LogP contribution in [0.15, 0.2) is 30.3 Å². The molecule has 1 aromatic rings. The number of allylic oxidation sites excluding steroid dienone is 2. The average molecular weight is 735 g/mol. The zero-order chi connectivity index (χ0) is 37.3. The summed E-state index contributed by atoms with van der Waals surface area (Å²) in [6.07, 6.45) is 16.5. The maximum atomic E-state index is 14.6. The first-order chi connectivity index (χ1) is 24.5. The molecule has 0 spiro atoms. The van der Waals surface area contributed by atoms with Crippen LogP contribution in [0.1, 0.15) is 135 Å². The Morgan fingerprint density at radius 3 is 2.27 bits per heavy atom. The van der Waals surface area contributed by atoms with Crippen LogP contribution in [-0.2, 0) is 14.6 Å².